The van der Waals surface area contributed by atoms with Gasteiger partial charge in [0.15, 0.2) is 6.61 Å². The molecule has 0 aromatic heterocycles. The van der Waals surface area contributed by atoms with Gasteiger partial charge in [0.1, 0.15) is 5.54 Å². The van der Waals surface area contributed by atoms with Crippen LogP contribution in [-0.2, 0) is 33.9 Å². The van der Waals surface area contributed by atoms with Crippen LogP contribution in [0.1, 0.15) is 44.6 Å². The fourth-order valence-corrected chi connectivity index (χ4v) is 5.88. The van der Waals surface area contributed by atoms with Crippen LogP contribution in [0.5, 0.6) is 0 Å². The molecule has 10 nitrogen and oxygen atoms in total. The largest absolute Gasteiger partial charge is 0.454 e. The lowest BCUT2D eigenvalue weighted by Crippen LogP contribution is -2.56. The smallest absolute Gasteiger partial charge is 0.332 e. The number of rotatable bonds is 7. The zero-order chi connectivity index (χ0) is 24.1. The molecule has 11 heteroatoms. The Morgan fingerprint density at radius 1 is 1.12 bits per heavy atom. The Balaban J connectivity index is 1.65. The van der Waals surface area contributed by atoms with Crippen molar-refractivity contribution in [1.29, 1.82) is 0 Å². The lowest BCUT2D eigenvalue weighted by atomic mass is 9.81. The van der Waals surface area contributed by atoms with Crippen LogP contribution in [-0.4, -0.2) is 69.0 Å². The van der Waals surface area contributed by atoms with Crippen molar-refractivity contribution in [2.75, 3.05) is 38.2 Å². The van der Waals surface area contributed by atoms with Crippen molar-refractivity contribution in [3.8, 4) is 0 Å². The van der Waals surface area contributed by atoms with E-state index in [1.165, 1.54) is 17.3 Å². The monoisotopic (exact) mass is 481 g/mol. The van der Waals surface area contributed by atoms with Gasteiger partial charge in [0.2, 0.25) is 15.9 Å². The van der Waals surface area contributed by atoms with Crippen molar-refractivity contribution >= 4 is 33.5 Å². The molecule has 2 fully saturated rings. The summed E-state index contributed by atoms with van der Waals surface area (Å²) in [6, 6.07) is 4.61. The number of aryl methyl sites for hydroxylation is 1. The number of carbonyl (C=O) groups excluding carboxylic acids is 3. The summed E-state index contributed by atoms with van der Waals surface area (Å²) in [5, 5.41) is 5.29. The van der Waals surface area contributed by atoms with Gasteiger partial charge in [0.25, 0.3) is 5.91 Å². The summed E-state index contributed by atoms with van der Waals surface area (Å²) in [6.45, 7) is 3.69. The number of hydrogen-bond acceptors (Lipinski definition) is 7. The molecule has 2 amide bonds. The highest BCUT2D eigenvalue weighted by atomic mass is 32.2. The third-order valence-electron chi connectivity index (χ3n) is 5.91. The zero-order valence-electron chi connectivity index (χ0n) is 19.0. The third kappa shape index (κ3) is 6.10. The van der Waals surface area contributed by atoms with E-state index in [9.17, 15) is 22.8 Å². The van der Waals surface area contributed by atoms with Gasteiger partial charge in [-0.1, -0.05) is 25.3 Å². The number of hydrogen-bond donors (Lipinski definition) is 2. The Hall–Kier alpha value is -2.50. The van der Waals surface area contributed by atoms with E-state index in [4.69, 9.17) is 9.47 Å². The molecule has 0 unspecified atom stereocenters. The molecule has 2 N–H and O–H groups in total. The number of ether oxygens (including phenoxy) is 2. The Labute approximate surface area is 194 Å². The first kappa shape index (κ1) is 25.1. The summed E-state index contributed by atoms with van der Waals surface area (Å²) < 4.78 is 37.8. The molecule has 0 radical (unpaired) electrons. The minimum Gasteiger partial charge on any atom is -0.454 e. The van der Waals surface area contributed by atoms with Crippen molar-refractivity contribution in [2.45, 2.75) is 56.4 Å². The predicted molar refractivity (Wildman–Crippen MR) is 120 cm³/mol. The van der Waals surface area contributed by atoms with E-state index in [0.717, 1.165) is 19.3 Å². The van der Waals surface area contributed by atoms with Gasteiger partial charge in [0.05, 0.1) is 18.1 Å². The maximum atomic E-state index is 13.0. The van der Waals surface area contributed by atoms with Crippen molar-refractivity contribution in [2.24, 2.45) is 0 Å². The molecule has 0 atom stereocenters. The Bertz CT molecular complexity index is 997. The van der Waals surface area contributed by atoms with Gasteiger partial charge in [-0.25, -0.2) is 13.2 Å². The Morgan fingerprint density at radius 2 is 1.79 bits per heavy atom. The summed E-state index contributed by atoms with van der Waals surface area (Å²) in [6.07, 6.45) is 3.47. The molecule has 1 saturated heterocycles. The number of carbonyl (C=O) groups is 3. The summed E-state index contributed by atoms with van der Waals surface area (Å²) in [7, 11) is -3.73. The molecule has 1 aliphatic heterocycles. The number of nitrogens with one attached hydrogen (secondary N) is 2. The average Bonchev–Trinajstić information content (AvgIpc) is 2.79. The van der Waals surface area contributed by atoms with E-state index in [1.54, 1.807) is 19.1 Å². The summed E-state index contributed by atoms with van der Waals surface area (Å²) in [5.74, 6) is -1.56. The van der Waals surface area contributed by atoms with Crippen molar-refractivity contribution in [3.63, 3.8) is 0 Å². The van der Waals surface area contributed by atoms with Gasteiger partial charge in [0, 0.05) is 25.7 Å². The number of morpholine rings is 1. The topological polar surface area (TPSA) is 131 Å². The van der Waals surface area contributed by atoms with Crippen LogP contribution in [0, 0.1) is 6.92 Å². The lowest BCUT2D eigenvalue weighted by molar-refractivity contribution is -0.157. The molecular formula is C22H31N3O7S. The maximum Gasteiger partial charge on any atom is 0.332 e. The van der Waals surface area contributed by atoms with Crippen LogP contribution >= 0.6 is 0 Å². The van der Waals surface area contributed by atoms with Crippen molar-refractivity contribution in [3.05, 3.63) is 23.8 Å². The van der Waals surface area contributed by atoms with Gasteiger partial charge < -0.3 is 20.1 Å². The number of benzene rings is 1. The third-order valence-corrected chi connectivity index (χ3v) is 7.95. The van der Waals surface area contributed by atoms with Gasteiger partial charge in [-0.15, -0.1) is 0 Å². The van der Waals surface area contributed by atoms with E-state index in [-0.39, 0.29) is 29.6 Å². The standard InChI is InChI=1S/C22H31N3O7S/c1-16-6-7-18(14-19(16)33(29,30)25-10-12-31-13-11-25)23-20(27)15-32-21(28)22(24-17(2)26)8-4-3-5-9-22/h6-7,14H,3-5,8-13,15H2,1-2H3,(H,23,27)(H,24,26). The molecule has 1 heterocycles. The van der Waals surface area contributed by atoms with Gasteiger partial charge in [-0.3, -0.25) is 9.59 Å². The molecule has 0 bridgehead atoms. The van der Waals surface area contributed by atoms with Crippen molar-refractivity contribution < 1.29 is 32.3 Å². The quantitative estimate of drug-likeness (QED) is 0.562. The van der Waals surface area contributed by atoms with Gasteiger partial charge in [-0.2, -0.15) is 4.31 Å². The fraction of sp³-hybridized carbons (Fsp3) is 0.591. The van der Waals surface area contributed by atoms with Crippen LogP contribution in [0.15, 0.2) is 23.1 Å². The second-order valence-electron chi connectivity index (χ2n) is 8.44. The molecular weight excluding hydrogens is 450 g/mol. The van der Waals surface area contributed by atoms with Crippen LogP contribution in [0.25, 0.3) is 0 Å². The molecule has 2 aliphatic rings. The zero-order valence-corrected chi connectivity index (χ0v) is 19.8. The van der Waals surface area contributed by atoms with Gasteiger partial charge >= 0.3 is 5.97 Å². The number of anilines is 1. The van der Waals surface area contributed by atoms with Gasteiger partial charge in [-0.05, 0) is 37.5 Å². The minimum atomic E-state index is -3.73. The van der Waals surface area contributed by atoms with E-state index in [2.05, 4.69) is 10.6 Å². The maximum absolute atomic E-state index is 13.0. The predicted octanol–water partition coefficient (Wildman–Crippen LogP) is 1.34. The van der Waals surface area contributed by atoms with Crippen LogP contribution in [0.2, 0.25) is 0 Å². The van der Waals surface area contributed by atoms with Crippen LogP contribution in [0.3, 0.4) is 0 Å². The Morgan fingerprint density at radius 3 is 2.42 bits per heavy atom. The molecule has 1 saturated carbocycles. The highest BCUT2D eigenvalue weighted by Gasteiger charge is 2.42. The second kappa shape index (κ2) is 10.6. The SMILES string of the molecule is CC(=O)NC1(C(=O)OCC(=O)Nc2ccc(C)c(S(=O)(=O)N3CCOCC3)c2)CCCCC1. The molecule has 0 spiro atoms. The highest BCUT2D eigenvalue weighted by molar-refractivity contribution is 7.89. The van der Waals surface area contributed by atoms with E-state index < -0.39 is 34.0 Å². The summed E-state index contributed by atoms with van der Waals surface area (Å²) in [4.78, 5) is 36.8. The van der Waals surface area contributed by atoms with E-state index >= 15 is 0 Å². The van der Waals surface area contributed by atoms with E-state index in [1.807, 2.05) is 0 Å². The minimum absolute atomic E-state index is 0.103. The normalized spacial score (nSPS) is 18.8. The van der Waals surface area contributed by atoms with Crippen LogP contribution < -0.4 is 10.6 Å². The van der Waals surface area contributed by atoms with Crippen LogP contribution in [0.4, 0.5) is 5.69 Å². The van der Waals surface area contributed by atoms with Crippen molar-refractivity contribution in [1.82, 2.24) is 9.62 Å². The number of esters is 1. The molecule has 1 aromatic carbocycles. The Kier molecular flexibility index (Phi) is 8.09. The first-order chi connectivity index (χ1) is 15.6. The fourth-order valence-electron chi connectivity index (χ4n) is 4.22. The molecule has 3 rings (SSSR count). The number of amides is 2. The second-order valence-corrected chi connectivity index (χ2v) is 10.4. The molecule has 1 aromatic rings. The molecule has 1 aliphatic carbocycles. The number of nitrogens with zero attached hydrogens (tertiary/aromatic N) is 1. The summed E-state index contributed by atoms with van der Waals surface area (Å²) >= 11 is 0. The van der Waals surface area contributed by atoms with E-state index in [0.29, 0.717) is 31.6 Å². The molecule has 33 heavy (non-hydrogen) atoms. The average molecular weight is 482 g/mol. The molecule has 182 valence electrons. The summed E-state index contributed by atoms with van der Waals surface area (Å²) in [5.41, 5.74) is -0.267. The first-order valence-corrected chi connectivity index (χ1v) is 12.5. The number of sulfonamides is 1. The lowest BCUT2D eigenvalue weighted by Gasteiger charge is -2.35. The highest BCUT2D eigenvalue weighted by Crippen LogP contribution is 2.29. The first-order valence-electron chi connectivity index (χ1n) is 11.1.